The third-order valence-corrected chi connectivity index (χ3v) is 7.67. The summed E-state index contributed by atoms with van der Waals surface area (Å²) in [6.45, 7) is 1.43. The van der Waals surface area contributed by atoms with E-state index >= 15 is 0 Å². The molecule has 1 saturated carbocycles. The summed E-state index contributed by atoms with van der Waals surface area (Å²) in [5.74, 6) is -1.63. The van der Waals surface area contributed by atoms with Gasteiger partial charge in [-0.15, -0.1) is 0 Å². The number of imide groups is 1. The van der Waals surface area contributed by atoms with Crippen molar-refractivity contribution < 1.29 is 28.7 Å². The molecule has 39 heavy (non-hydrogen) atoms. The smallest absolute Gasteiger partial charge is 0.343 e. The number of hydrogen-bond donors (Lipinski definition) is 1. The maximum absolute atomic E-state index is 13.0. The van der Waals surface area contributed by atoms with Crippen LogP contribution < -0.4 is 15.0 Å². The Hall–Kier alpha value is -4.85. The van der Waals surface area contributed by atoms with Crippen LogP contribution in [0, 0.1) is 23.7 Å². The molecule has 1 heterocycles. The quantitative estimate of drug-likeness (QED) is 0.166. The maximum atomic E-state index is 13.0. The summed E-state index contributed by atoms with van der Waals surface area (Å²) in [6.07, 6.45) is 4.96. The predicted molar refractivity (Wildman–Crippen MR) is 142 cm³/mol. The van der Waals surface area contributed by atoms with Crippen LogP contribution >= 0.6 is 0 Å². The number of ether oxygens (including phenoxy) is 1. The fourth-order valence-corrected chi connectivity index (χ4v) is 5.79. The highest BCUT2D eigenvalue weighted by Crippen LogP contribution is 2.53. The Labute approximate surface area is 224 Å². The zero-order valence-corrected chi connectivity index (χ0v) is 21.0. The monoisotopic (exact) mass is 520 g/mol. The Bertz CT molecular complexity index is 1540. The van der Waals surface area contributed by atoms with E-state index in [0.29, 0.717) is 22.5 Å². The van der Waals surface area contributed by atoms with Gasteiger partial charge >= 0.3 is 5.97 Å². The maximum Gasteiger partial charge on any atom is 0.343 e. The molecule has 8 heteroatoms. The SMILES string of the molecule is CC(=O)c1cccc(C(=O)Nc2cccc(OC(=O)c3ccc(N4C(=O)C5C6C=CC(C6)C5C4=O)cc3)c2)c1. The number of fused-ring (bicyclic) bond motifs is 5. The molecule has 0 aromatic heterocycles. The first-order valence-corrected chi connectivity index (χ1v) is 12.7. The van der Waals surface area contributed by atoms with Crippen molar-refractivity contribution in [3.05, 3.63) is 102 Å². The third-order valence-electron chi connectivity index (χ3n) is 7.67. The van der Waals surface area contributed by atoms with Gasteiger partial charge in [-0.2, -0.15) is 0 Å². The zero-order chi connectivity index (χ0) is 27.3. The largest absolute Gasteiger partial charge is 0.423 e. The van der Waals surface area contributed by atoms with E-state index in [-0.39, 0.29) is 52.6 Å². The molecule has 3 aromatic carbocycles. The molecule has 3 aromatic rings. The van der Waals surface area contributed by atoms with Crippen molar-refractivity contribution in [2.75, 3.05) is 10.2 Å². The lowest BCUT2D eigenvalue weighted by molar-refractivity contribution is -0.123. The minimum absolute atomic E-state index is 0.127. The van der Waals surface area contributed by atoms with E-state index in [4.69, 9.17) is 4.74 Å². The minimum atomic E-state index is -0.627. The fourth-order valence-electron chi connectivity index (χ4n) is 5.79. The Morgan fingerprint density at radius 1 is 0.795 bits per heavy atom. The van der Waals surface area contributed by atoms with Gasteiger partial charge in [0.25, 0.3) is 5.91 Å². The second kappa shape index (κ2) is 9.47. The van der Waals surface area contributed by atoms with Crippen LogP contribution in [0.3, 0.4) is 0 Å². The van der Waals surface area contributed by atoms with E-state index < -0.39 is 11.9 Å². The third kappa shape index (κ3) is 4.33. The molecule has 2 bridgehead atoms. The van der Waals surface area contributed by atoms with E-state index in [9.17, 15) is 24.0 Å². The van der Waals surface area contributed by atoms with Gasteiger partial charge < -0.3 is 10.1 Å². The molecule has 8 nitrogen and oxygen atoms in total. The van der Waals surface area contributed by atoms with Crippen LogP contribution in [0.5, 0.6) is 5.75 Å². The average Bonchev–Trinajstić information content (AvgIpc) is 3.62. The van der Waals surface area contributed by atoms with Crippen molar-refractivity contribution in [1.29, 1.82) is 0 Å². The molecule has 2 aliphatic carbocycles. The van der Waals surface area contributed by atoms with Gasteiger partial charge in [0.15, 0.2) is 5.78 Å². The number of anilines is 2. The lowest BCUT2D eigenvalue weighted by Gasteiger charge is -2.17. The number of ketones is 1. The van der Waals surface area contributed by atoms with E-state index in [2.05, 4.69) is 5.32 Å². The normalized spacial score (nSPS) is 22.6. The molecule has 4 unspecified atom stereocenters. The van der Waals surface area contributed by atoms with Gasteiger partial charge in [-0.3, -0.25) is 24.1 Å². The van der Waals surface area contributed by atoms with Crippen molar-refractivity contribution >= 4 is 40.8 Å². The first-order valence-electron chi connectivity index (χ1n) is 12.7. The molecule has 1 N–H and O–H groups in total. The van der Waals surface area contributed by atoms with Crippen LogP contribution in [0.4, 0.5) is 11.4 Å². The molecule has 3 aliphatic rings. The van der Waals surface area contributed by atoms with E-state index in [1.165, 1.54) is 36.1 Å². The Morgan fingerprint density at radius 2 is 1.44 bits per heavy atom. The van der Waals surface area contributed by atoms with Gasteiger partial charge in [0, 0.05) is 22.9 Å². The van der Waals surface area contributed by atoms with Crippen LogP contribution in [0.1, 0.15) is 44.4 Å². The summed E-state index contributed by atoms with van der Waals surface area (Å²) in [5, 5.41) is 2.74. The van der Waals surface area contributed by atoms with Gasteiger partial charge in [0.05, 0.1) is 23.1 Å². The number of nitrogens with zero attached hydrogens (tertiary/aromatic N) is 1. The van der Waals surface area contributed by atoms with Crippen LogP contribution in [0.2, 0.25) is 0 Å². The van der Waals surface area contributed by atoms with Crippen LogP contribution in [0.25, 0.3) is 0 Å². The zero-order valence-electron chi connectivity index (χ0n) is 21.0. The number of carbonyl (C=O) groups excluding carboxylic acids is 5. The lowest BCUT2D eigenvalue weighted by Crippen LogP contribution is -2.32. The van der Waals surface area contributed by atoms with Gasteiger partial charge in [0.2, 0.25) is 11.8 Å². The van der Waals surface area contributed by atoms with Crippen molar-refractivity contribution in [3.63, 3.8) is 0 Å². The molecule has 194 valence electrons. The van der Waals surface area contributed by atoms with E-state index in [0.717, 1.165) is 6.42 Å². The second-order valence-corrected chi connectivity index (χ2v) is 10.1. The van der Waals surface area contributed by atoms with E-state index in [1.807, 2.05) is 12.2 Å². The van der Waals surface area contributed by atoms with E-state index in [1.54, 1.807) is 48.5 Å². The highest BCUT2D eigenvalue weighted by molar-refractivity contribution is 6.23. The van der Waals surface area contributed by atoms with Crippen molar-refractivity contribution in [1.82, 2.24) is 0 Å². The Balaban J connectivity index is 1.12. The highest BCUT2D eigenvalue weighted by atomic mass is 16.5. The van der Waals surface area contributed by atoms with Crippen LogP contribution in [-0.4, -0.2) is 29.5 Å². The molecular formula is C31H24N2O6. The number of esters is 1. The number of benzene rings is 3. The topological polar surface area (TPSA) is 110 Å². The minimum Gasteiger partial charge on any atom is -0.423 e. The predicted octanol–water partition coefficient (Wildman–Crippen LogP) is 4.67. The average molecular weight is 521 g/mol. The molecule has 4 atom stereocenters. The summed E-state index contributed by atoms with van der Waals surface area (Å²) in [7, 11) is 0. The summed E-state index contributed by atoms with van der Waals surface area (Å²) in [6, 6.07) is 19.0. The fraction of sp³-hybridized carbons (Fsp3) is 0.194. The second-order valence-electron chi connectivity index (χ2n) is 10.1. The first-order chi connectivity index (χ1) is 18.8. The number of allylic oxidation sites excluding steroid dienone is 2. The first kappa shape index (κ1) is 24.5. The highest BCUT2D eigenvalue weighted by Gasteiger charge is 2.59. The van der Waals surface area contributed by atoms with Crippen molar-refractivity contribution in [2.24, 2.45) is 23.7 Å². The summed E-state index contributed by atoms with van der Waals surface area (Å²) in [4.78, 5) is 64.3. The summed E-state index contributed by atoms with van der Waals surface area (Å²) in [5.41, 5.74) is 1.85. The van der Waals surface area contributed by atoms with Crippen molar-refractivity contribution in [2.45, 2.75) is 13.3 Å². The standard InChI is InChI=1S/C31H24N2O6/c1-17(34)19-4-2-5-22(14-19)28(35)32-23-6-3-7-25(16-23)39-31(38)18-10-12-24(13-11-18)33-29(36)26-20-8-9-21(15-20)27(26)30(33)37/h2-14,16,20-21,26-27H,15H2,1H3,(H,32,35). The van der Waals surface area contributed by atoms with Gasteiger partial charge in [-0.25, -0.2) is 4.79 Å². The molecular weight excluding hydrogens is 496 g/mol. The molecule has 0 radical (unpaired) electrons. The van der Waals surface area contributed by atoms with Gasteiger partial charge in [-0.05, 0) is 73.7 Å². The van der Waals surface area contributed by atoms with Crippen LogP contribution in [0.15, 0.2) is 84.9 Å². The lowest BCUT2D eigenvalue weighted by atomic mass is 9.85. The number of rotatable bonds is 6. The van der Waals surface area contributed by atoms with Gasteiger partial charge in [0.1, 0.15) is 5.75 Å². The van der Waals surface area contributed by atoms with Crippen molar-refractivity contribution in [3.8, 4) is 5.75 Å². The number of carbonyl (C=O) groups is 5. The molecule has 6 rings (SSSR count). The number of hydrogen-bond acceptors (Lipinski definition) is 6. The van der Waals surface area contributed by atoms with Crippen LogP contribution in [-0.2, 0) is 9.59 Å². The Morgan fingerprint density at radius 3 is 2.10 bits per heavy atom. The molecule has 3 amide bonds. The molecule has 2 fully saturated rings. The number of nitrogens with one attached hydrogen (secondary N) is 1. The van der Waals surface area contributed by atoms with Gasteiger partial charge in [-0.1, -0.05) is 30.4 Å². The Kier molecular flexibility index (Phi) is 5.95. The molecule has 1 saturated heterocycles. The summed E-state index contributed by atoms with van der Waals surface area (Å²) < 4.78 is 5.49. The molecule has 0 spiro atoms. The summed E-state index contributed by atoms with van der Waals surface area (Å²) >= 11 is 0. The molecule has 1 aliphatic heterocycles. The number of amides is 3. The number of Topliss-reactive ketones (excluding diaryl/α,β-unsaturated/α-hetero) is 1.